The lowest BCUT2D eigenvalue weighted by atomic mass is 10.2. The molecule has 0 saturated carbocycles. The van der Waals surface area contributed by atoms with E-state index in [2.05, 4.69) is 4.72 Å². The second-order valence-corrected chi connectivity index (χ2v) is 6.24. The Morgan fingerprint density at radius 2 is 1.83 bits per heavy atom. The fourth-order valence-electron chi connectivity index (χ4n) is 1.67. The summed E-state index contributed by atoms with van der Waals surface area (Å²) in [6.07, 6.45) is 0.872. The first-order chi connectivity index (χ1) is 10.7. The van der Waals surface area contributed by atoms with Gasteiger partial charge in [0.05, 0.1) is 22.9 Å². The maximum Gasteiger partial charge on any atom is 0.273 e. The number of hydrogen-bond donors (Lipinski definition) is 1. The van der Waals surface area contributed by atoms with Crippen molar-refractivity contribution >= 4 is 21.4 Å². The third-order valence-electron chi connectivity index (χ3n) is 2.59. The van der Waals surface area contributed by atoms with E-state index in [9.17, 15) is 27.3 Å². The molecular formula is C13H10F2N2O5S. The molecule has 0 radical (unpaired) electrons. The summed E-state index contributed by atoms with van der Waals surface area (Å²) in [6.45, 7) is 0. The molecular weight excluding hydrogens is 334 g/mol. The van der Waals surface area contributed by atoms with Crippen LogP contribution in [0.2, 0.25) is 0 Å². The zero-order valence-electron chi connectivity index (χ0n) is 11.6. The number of nitrogens with zero attached hydrogens (tertiary/aromatic N) is 1. The van der Waals surface area contributed by atoms with Gasteiger partial charge in [-0.3, -0.25) is 14.8 Å². The highest BCUT2D eigenvalue weighted by molar-refractivity contribution is 7.92. The van der Waals surface area contributed by atoms with Gasteiger partial charge < -0.3 is 4.74 Å². The van der Waals surface area contributed by atoms with Gasteiger partial charge in [0.15, 0.2) is 17.3 Å². The summed E-state index contributed by atoms with van der Waals surface area (Å²) in [6, 6.07) is 5.57. The lowest BCUT2D eigenvalue weighted by Gasteiger charge is -2.12. The summed E-state index contributed by atoms with van der Waals surface area (Å²) >= 11 is 0. The Labute approximate surface area is 129 Å². The number of rotatable bonds is 5. The Hall–Kier alpha value is -2.75. The van der Waals surface area contributed by atoms with Crippen molar-refractivity contribution in [3.8, 4) is 11.5 Å². The predicted octanol–water partition coefficient (Wildman–Crippen LogP) is 3.04. The molecule has 2 aromatic carbocycles. The van der Waals surface area contributed by atoms with E-state index in [1.807, 2.05) is 0 Å². The normalized spacial score (nSPS) is 11.1. The van der Waals surface area contributed by atoms with Crippen LogP contribution in [0.5, 0.6) is 11.5 Å². The molecule has 122 valence electrons. The van der Waals surface area contributed by atoms with E-state index in [1.54, 1.807) is 0 Å². The smallest absolute Gasteiger partial charge is 0.273 e. The molecule has 0 bridgehead atoms. The number of nitro groups is 1. The Morgan fingerprint density at radius 3 is 2.39 bits per heavy atom. The first-order valence-electron chi connectivity index (χ1n) is 6.05. The van der Waals surface area contributed by atoms with Gasteiger partial charge in [0.2, 0.25) is 10.0 Å². The topological polar surface area (TPSA) is 98.5 Å². The molecule has 0 fully saturated rings. The van der Waals surface area contributed by atoms with E-state index >= 15 is 0 Å². The Kier molecular flexibility index (Phi) is 4.45. The Morgan fingerprint density at radius 1 is 1.13 bits per heavy atom. The van der Waals surface area contributed by atoms with Gasteiger partial charge in [0.1, 0.15) is 5.82 Å². The summed E-state index contributed by atoms with van der Waals surface area (Å²) < 4.78 is 56.4. The Bertz CT molecular complexity index is 871. The molecule has 23 heavy (non-hydrogen) atoms. The van der Waals surface area contributed by atoms with Gasteiger partial charge in [-0.2, -0.15) is 0 Å². The number of anilines is 1. The van der Waals surface area contributed by atoms with Crippen molar-refractivity contribution in [2.24, 2.45) is 0 Å². The molecule has 2 aromatic rings. The summed E-state index contributed by atoms with van der Waals surface area (Å²) in [4.78, 5) is 10.1. The summed E-state index contributed by atoms with van der Waals surface area (Å²) in [7, 11) is -3.70. The van der Waals surface area contributed by atoms with Gasteiger partial charge in [-0.05, 0) is 18.2 Å². The van der Waals surface area contributed by atoms with Crippen LogP contribution in [0.4, 0.5) is 20.2 Å². The van der Waals surface area contributed by atoms with Crippen molar-refractivity contribution in [3.05, 3.63) is 58.1 Å². The molecule has 0 heterocycles. The second kappa shape index (κ2) is 6.16. The lowest BCUT2D eigenvalue weighted by molar-refractivity contribution is -0.384. The zero-order chi connectivity index (χ0) is 17.2. The second-order valence-electron chi connectivity index (χ2n) is 4.49. The third kappa shape index (κ3) is 4.36. The molecule has 0 atom stereocenters. The number of non-ortho nitro benzene ring substituents is 1. The number of hydrogen-bond acceptors (Lipinski definition) is 5. The number of nitrogens with one attached hydrogen (secondary N) is 1. The van der Waals surface area contributed by atoms with Gasteiger partial charge in [-0.1, -0.05) is 0 Å². The van der Waals surface area contributed by atoms with Crippen molar-refractivity contribution in [1.82, 2.24) is 0 Å². The molecule has 7 nitrogen and oxygen atoms in total. The molecule has 0 unspecified atom stereocenters. The SMILES string of the molecule is CS(=O)(=O)Nc1ccc([N+](=O)[O-])cc1Oc1ccc(F)cc1F. The third-order valence-corrected chi connectivity index (χ3v) is 3.18. The van der Waals surface area contributed by atoms with Crippen LogP contribution < -0.4 is 9.46 Å². The molecule has 0 aliphatic rings. The molecule has 0 aromatic heterocycles. The van der Waals surface area contributed by atoms with Gasteiger partial charge in [0.25, 0.3) is 5.69 Å². The monoisotopic (exact) mass is 344 g/mol. The number of ether oxygens (including phenoxy) is 1. The van der Waals surface area contributed by atoms with E-state index in [4.69, 9.17) is 4.74 Å². The van der Waals surface area contributed by atoms with Crippen molar-refractivity contribution in [3.63, 3.8) is 0 Å². The predicted molar refractivity (Wildman–Crippen MR) is 78.0 cm³/mol. The molecule has 1 N–H and O–H groups in total. The van der Waals surface area contributed by atoms with Gasteiger partial charge in [0, 0.05) is 12.1 Å². The molecule has 0 spiro atoms. The highest BCUT2D eigenvalue weighted by Crippen LogP contribution is 2.34. The van der Waals surface area contributed by atoms with Gasteiger partial charge in [-0.15, -0.1) is 0 Å². The van der Waals surface area contributed by atoms with Crippen LogP contribution in [0.15, 0.2) is 36.4 Å². The van der Waals surface area contributed by atoms with Crippen LogP contribution in [0.1, 0.15) is 0 Å². The van der Waals surface area contributed by atoms with Crippen molar-refractivity contribution in [1.29, 1.82) is 0 Å². The maximum atomic E-state index is 13.6. The number of benzene rings is 2. The average molecular weight is 344 g/mol. The zero-order valence-corrected chi connectivity index (χ0v) is 12.4. The lowest BCUT2D eigenvalue weighted by Crippen LogP contribution is -2.10. The largest absolute Gasteiger partial charge is 0.452 e. The molecule has 0 amide bonds. The molecule has 0 aliphatic carbocycles. The van der Waals surface area contributed by atoms with Crippen LogP contribution in [0.25, 0.3) is 0 Å². The highest BCUT2D eigenvalue weighted by atomic mass is 32.2. The van der Waals surface area contributed by atoms with E-state index in [1.165, 1.54) is 0 Å². The summed E-state index contributed by atoms with van der Waals surface area (Å²) in [5.41, 5.74) is -0.511. The fraction of sp³-hybridized carbons (Fsp3) is 0.0769. The Balaban J connectivity index is 2.48. The van der Waals surface area contributed by atoms with E-state index in [0.29, 0.717) is 6.07 Å². The van der Waals surface area contributed by atoms with Crippen LogP contribution in [-0.4, -0.2) is 19.6 Å². The molecule has 2 rings (SSSR count). The average Bonchev–Trinajstić information content (AvgIpc) is 2.41. The fourth-order valence-corrected chi connectivity index (χ4v) is 2.24. The van der Waals surface area contributed by atoms with Crippen molar-refractivity contribution in [2.45, 2.75) is 0 Å². The van der Waals surface area contributed by atoms with Gasteiger partial charge in [-0.25, -0.2) is 17.2 Å². The van der Waals surface area contributed by atoms with E-state index in [0.717, 1.165) is 36.6 Å². The quantitative estimate of drug-likeness (QED) is 0.664. The first kappa shape index (κ1) is 16.6. The van der Waals surface area contributed by atoms with E-state index < -0.39 is 32.3 Å². The number of halogens is 2. The number of sulfonamides is 1. The van der Waals surface area contributed by atoms with Crippen LogP contribution in [0, 0.1) is 21.7 Å². The van der Waals surface area contributed by atoms with Crippen LogP contribution >= 0.6 is 0 Å². The summed E-state index contributed by atoms with van der Waals surface area (Å²) in [5.74, 6) is -2.58. The van der Waals surface area contributed by atoms with E-state index in [-0.39, 0.29) is 17.1 Å². The minimum Gasteiger partial charge on any atom is -0.452 e. The number of nitro benzene ring substituents is 1. The van der Waals surface area contributed by atoms with Crippen LogP contribution in [-0.2, 0) is 10.0 Å². The first-order valence-corrected chi connectivity index (χ1v) is 7.94. The summed E-state index contributed by atoms with van der Waals surface area (Å²) in [5, 5.41) is 10.8. The van der Waals surface area contributed by atoms with Crippen LogP contribution in [0.3, 0.4) is 0 Å². The van der Waals surface area contributed by atoms with Crippen molar-refractivity contribution < 1.29 is 26.9 Å². The molecule has 10 heteroatoms. The standard InChI is InChI=1S/C13H10F2N2O5S/c1-23(20,21)16-11-4-3-9(17(18)19)7-13(11)22-12-5-2-8(14)6-10(12)15/h2-7,16H,1H3. The minimum absolute atomic E-state index is 0.123. The highest BCUT2D eigenvalue weighted by Gasteiger charge is 2.17. The molecule has 0 saturated heterocycles. The molecule has 0 aliphatic heterocycles. The minimum atomic E-state index is -3.70. The van der Waals surface area contributed by atoms with Crippen molar-refractivity contribution in [2.75, 3.05) is 11.0 Å². The maximum absolute atomic E-state index is 13.6. The van der Waals surface area contributed by atoms with Gasteiger partial charge >= 0.3 is 0 Å².